The number of hydrogen-bond acceptors (Lipinski definition) is 5. The van der Waals surface area contributed by atoms with Crippen LogP contribution in [0.1, 0.15) is 28.3 Å². The Kier molecular flexibility index (Phi) is 4.98. The maximum absolute atomic E-state index is 13.1. The third-order valence-corrected chi connectivity index (χ3v) is 5.68. The average molecular weight is 411 g/mol. The van der Waals surface area contributed by atoms with E-state index in [0.717, 1.165) is 33.7 Å². The summed E-state index contributed by atoms with van der Waals surface area (Å²) in [6.45, 7) is 1.54. The highest BCUT2D eigenvalue weighted by molar-refractivity contribution is 5.82. The summed E-state index contributed by atoms with van der Waals surface area (Å²) in [6, 6.07) is 18.9. The molecule has 2 aromatic heterocycles. The first-order valence-electron chi connectivity index (χ1n) is 10.2. The Hall–Kier alpha value is -3.89. The lowest BCUT2D eigenvalue weighted by atomic mass is 10.0. The van der Waals surface area contributed by atoms with E-state index in [1.54, 1.807) is 18.5 Å². The van der Waals surface area contributed by atoms with Gasteiger partial charge in [0.1, 0.15) is 11.3 Å². The molecule has 0 saturated heterocycles. The number of fused-ring (bicyclic) bond motifs is 2. The Labute approximate surface area is 179 Å². The van der Waals surface area contributed by atoms with E-state index in [-0.39, 0.29) is 11.9 Å². The molecule has 4 aromatic rings. The van der Waals surface area contributed by atoms with Crippen LogP contribution in [0.5, 0.6) is 0 Å². The van der Waals surface area contributed by atoms with Gasteiger partial charge < -0.3 is 14.7 Å². The van der Waals surface area contributed by atoms with E-state index >= 15 is 0 Å². The number of nitrogens with zero attached hydrogens (tertiary/aromatic N) is 3. The van der Waals surface area contributed by atoms with E-state index in [4.69, 9.17) is 9.68 Å². The molecular weight excluding hydrogens is 390 g/mol. The Morgan fingerprint density at radius 3 is 2.90 bits per heavy atom. The van der Waals surface area contributed by atoms with Gasteiger partial charge in [0.2, 0.25) is 5.91 Å². The second kappa shape index (κ2) is 8.09. The Morgan fingerprint density at radius 2 is 2.10 bits per heavy atom. The molecule has 5 rings (SSSR count). The fourth-order valence-corrected chi connectivity index (χ4v) is 4.03. The van der Waals surface area contributed by atoms with Crippen molar-refractivity contribution in [2.75, 3.05) is 0 Å². The molecule has 7 nitrogen and oxygen atoms in total. The molecule has 7 heteroatoms. The molecule has 2 aromatic carbocycles. The van der Waals surface area contributed by atoms with Crippen LogP contribution in [0.25, 0.3) is 11.0 Å². The lowest BCUT2D eigenvalue weighted by Crippen LogP contribution is -2.49. The number of H-pyrrole nitrogens is 1. The molecule has 154 valence electrons. The Morgan fingerprint density at radius 1 is 1.26 bits per heavy atom. The molecule has 1 amide bonds. The van der Waals surface area contributed by atoms with E-state index in [2.05, 4.69) is 26.3 Å². The molecule has 0 saturated carbocycles. The minimum absolute atomic E-state index is 0.0471. The number of nitriles is 1. The molecule has 0 unspecified atom stereocenters. The van der Waals surface area contributed by atoms with E-state index in [0.29, 0.717) is 31.6 Å². The topological polar surface area (TPSA) is 97.9 Å². The first-order valence-corrected chi connectivity index (χ1v) is 10.2. The van der Waals surface area contributed by atoms with E-state index in [1.165, 1.54) is 0 Å². The molecule has 31 heavy (non-hydrogen) atoms. The molecule has 1 atom stereocenters. The summed E-state index contributed by atoms with van der Waals surface area (Å²) in [5, 5.41) is 13.0. The van der Waals surface area contributed by atoms with E-state index in [1.807, 2.05) is 42.5 Å². The molecule has 0 fully saturated rings. The third-order valence-electron chi connectivity index (χ3n) is 5.68. The molecule has 1 aliphatic rings. The van der Waals surface area contributed by atoms with Crippen LogP contribution >= 0.6 is 0 Å². The summed E-state index contributed by atoms with van der Waals surface area (Å²) >= 11 is 0. The predicted octanol–water partition coefficient (Wildman–Crippen LogP) is 3.27. The molecule has 0 aliphatic carbocycles. The predicted molar refractivity (Wildman–Crippen MR) is 115 cm³/mol. The number of carbonyl (C=O) groups is 1. The molecular formula is C24H21N5O2. The summed E-state index contributed by atoms with van der Waals surface area (Å²) in [5.74, 6) is 0.781. The molecule has 2 N–H and O–H groups in total. The van der Waals surface area contributed by atoms with Crippen molar-refractivity contribution < 1.29 is 9.21 Å². The number of carbonyl (C=O) groups excluding carboxylic acids is 1. The number of benzene rings is 2. The van der Waals surface area contributed by atoms with Crippen LogP contribution in [0.3, 0.4) is 0 Å². The largest absolute Gasteiger partial charge is 0.460 e. The summed E-state index contributed by atoms with van der Waals surface area (Å²) in [5.41, 5.74) is 4.36. The van der Waals surface area contributed by atoms with Gasteiger partial charge >= 0.3 is 0 Å². The summed E-state index contributed by atoms with van der Waals surface area (Å²) in [6.07, 6.45) is 2.22. The lowest BCUT2D eigenvalue weighted by molar-refractivity contribution is -0.127. The fourth-order valence-electron chi connectivity index (χ4n) is 4.03. The quantitative estimate of drug-likeness (QED) is 0.525. The van der Waals surface area contributed by atoms with Crippen LogP contribution in [0.15, 0.2) is 65.3 Å². The summed E-state index contributed by atoms with van der Waals surface area (Å²) in [4.78, 5) is 22.8. The second-order valence-electron chi connectivity index (χ2n) is 7.73. The van der Waals surface area contributed by atoms with Gasteiger partial charge in [0, 0.05) is 24.9 Å². The number of amides is 1. The number of imidazole rings is 1. The van der Waals surface area contributed by atoms with Crippen molar-refractivity contribution in [1.82, 2.24) is 20.2 Å². The molecule has 3 heterocycles. The van der Waals surface area contributed by atoms with Crippen LogP contribution in [0.2, 0.25) is 0 Å². The zero-order chi connectivity index (χ0) is 21.2. The van der Waals surface area contributed by atoms with Crippen molar-refractivity contribution in [3.63, 3.8) is 0 Å². The normalized spacial score (nSPS) is 16.0. The zero-order valence-electron chi connectivity index (χ0n) is 16.8. The van der Waals surface area contributed by atoms with Crippen molar-refractivity contribution >= 4 is 16.9 Å². The van der Waals surface area contributed by atoms with Gasteiger partial charge in [0.05, 0.1) is 41.9 Å². The first kappa shape index (κ1) is 19.1. The van der Waals surface area contributed by atoms with Gasteiger partial charge in [-0.3, -0.25) is 9.69 Å². The van der Waals surface area contributed by atoms with Gasteiger partial charge in [-0.25, -0.2) is 4.98 Å². The van der Waals surface area contributed by atoms with Gasteiger partial charge in [-0.2, -0.15) is 5.26 Å². The second-order valence-corrected chi connectivity index (χ2v) is 7.73. The Bertz CT molecular complexity index is 1230. The van der Waals surface area contributed by atoms with Gasteiger partial charge in [0.25, 0.3) is 0 Å². The van der Waals surface area contributed by atoms with Crippen LogP contribution in [-0.4, -0.2) is 26.8 Å². The van der Waals surface area contributed by atoms with E-state index < -0.39 is 0 Å². The maximum Gasteiger partial charge on any atom is 0.238 e. The number of furan rings is 1. The monoisotopic (exact) mass is 411 g/mol. The molecule has 0 spiro atoms. The average Bonchev–Trinajstić information content (AvgIpc) is 3.43. The first-order chi connectivity index (χ1) is 15.2. The van der Waals surface area contributed by atoms with E-state index in [9.17, 15) is 4.79 Å². The van der Waals surface area contributed by atoms with Gasteiger partial charge in [-0.15, -0.1) is 0 Å². The highest BCUT2D eigenvalue weighted by atomic mass is 16.3. The number of rotatable bonds is 5. The minimum atomic E-state index is -0.345. The van der Waals surface area contributed by atoms with Gasteiger partial charge in [-0.05, 0) is 29.8 Å². The van der Waals surface area contributed by atoms with Gasteiger partial charge in [-0.1, -0.05) is 30.3 Å². The number of para-hydroxylation sites is 1. The van der Waals surface area contributed by atoms with Crippen LogP contribution in [0.4, 0.5) is 0 Å². The number of nitrogens with one attached hydrogen (secondary N) is 2. The Balaban J connectivity index is 1.33. The zero-order valence-corrected chi connectivity index (χ0v) is 16.8. The number of aromatic nitrogens is 2. The van der Waals surface area contributed by atoms with Crippen molar-refractivity contribution in [1.29, 1.82) is 5.26 Å². The highest BCUT2D eigenvalue weighted by Gasteiger charge is 2.33. The number of aromatic amines is 1. The van der Waals surface area contributed by atoms with Crippen LogP contribution < -0.4 is 5.32 Å². The van der Waals surface area contributed by atoms with Crippen molar-refractivity contribution in [2.24, 2.45) is 0 Å². The fraction of sp³-hybridized carbons (Fsp3) is 0.208. The van der Waals surface area contributed by atoms with Crippen molar-refractivity contribution in [2.45, 2.75) is 32.1 Å². The molecule has 0 bridgehead atoms. The SMILES string of the molecule is N#Cc1ccc(CNC(=O)[C@@H]2Cc3nc[nH]c3CN2Cc2cc3ccccc3o2)cc1. The summed E-state index contributed by atoms with van der Waals surface area (Å²) in [7, 11) is 0. The standard InChI is InChI=1S/C24H21N5O2/c25-11-16-5-7-17(8-6-16)12-26-24(30)22-10-20-21(28-15-27-20)14-29(22)13-19-9-18-3-1-2-4-23(18)31-19/h1-9,15,22H,10,12-14H2,(H,26,30)(H,27,28)/t22-/m0/s1. The van der Waals surface area contributed by atoms with Crippen LogP contribution in [0, 0.1) is 11.3 Å². The third kappa shape index (κ3) is 3.93. The minimum Gasteiger partial charge on any atom is -0.460 e. The highest BCUT2D eigenvalue weighted by Crippen LogP contribution is 2.26. The molecule has 1 aliphatic heterocycles. The molecule has 0 radical (unpaired) electrons. The maximum atomic E-state index is 13.1. The number of hydrogen-bond donors (Lipinski definition) is 2. The van der Waals surface area contributed by atoms with Crippen LogP contribution in [-0.2, 0) is 30.8 Å². The van der Waals surface area contributed by atoms with Gasteiger partial charge in [0.15, 0.2) is 0 Å². The van der Waals surface area contributed by atoms with Crippen molar-refractivity contribution in [3.8, 4) is 6.07 Å². The smallest absolute Gasteiger partial charge is 0.238 e. The van der Waals surface area contributed by atoms with Crippen molar-refractivity contribution in [3.05, 3.63) is 89.2 Å². The lowest BCUT2D eigenvalue weighted by Gasteiger charge is -2.33. The summed E-state index contributed by atoms with van der Waals surface area (Å²) < 4.78 is 5.99.